The summed E-state index contributed by atoms with van der Waals surface area (Å²) in [6, 6.07) is 3.75. The van der Waals surface area contributed by atoms with Crippen LogP contribution < -0.4 is 24.8 Å². The lowest BCUT2D eigenvalue weighted by molar-refractivity contribution is 0.368. The Balaban J connectivity index is 2.56. The summed E-state index contributed by atoms with van der Waals surface area (Å²) in [5.74, 6) is 3.07. The molecule has 0 saturated carbocycles. The van der Waals surface area contributed by atoms with Crippen molar-refractivity contribution in [3.63, 3.8) is 0 Å². The van der Waals surface area contributed by atoms with Gasteiger partial charge in [0.1, 0.15) is 17.2 Å². The van der Waals surface area contributed by atoms with Gasteiger partial charge in [-0.3, -0.25) is 4.99 Å². The zero-order chi connectivity index (χ0) is 18.5. The van der Waals surface area contributed by atoms with E-state index in [-0.39, 0.29) is 0 Å². The molecule has 0 aromatic heterocycles. The Morgan fingerprint density at radius 2 is 1.56 bits per heavy atom. The molecule has 0 fully saturated rings. The second kappa shape index (κ2) is 12.3. The smallest absolute Gasteiger partial charge is 0.190 e. The molecule has 6 heteroatoms. The monoisotopic (exact) mass is 351 g/mol. The maximum atomic E-state index is 5.48. The van der Waals surface area contributed by atoms with Crippen molar-refractivity contribution in [2.45, 2.75) is 39.0 Å². The van der Waals surface area contributed by atoms with Gasteiger partial charge in [0.2, 0.25) is 0 Å². The average molecular weight is 351 g/mol. The Hall–Kier alpha value is -2.11. The highest BCUT2D eigenvalue weighted by molar-refractivity contribution is 5.79. The fourth-order valence-electron chi connectivity index (χ4n) is 2.61. The number of ether oxygens (including phenoxy) is 3. The van der Waals surface area contributed by atoms with Gasteiger partial charge < -0.3 is 24.8 Å². The Labute approximate surface area is 152 Å². The summed E-state index contributed by atoms with van der Waals surface area (Å²) < 4.78 is 16.2. The molecule has 142 valence electrons. The first-order valence-corrected chi connectivity index (χ1v) is 8.93. The van der Waals surface area contributed by atoms with E-state index >= 15 is 0 Å². The molecule has 1 aromatic rings. The number of methoxy groups -OCH3 is 3. The van der Waals surface area contributed by atoms with Crippen molar-refractivity contribution in [1.29, 1.82) is 0 Å². The molecule has 0 bridgehead atoms. The van der Waals surface area contributed by atoms with E-state index in [9.17, 15) is 0 Å². The van der Waals surface area contributed by atoms with Gasteiger partial charge in [-0.1, -0.05) is 26.2 Å². The van der Waals surface area contributed by atoms with Gasteiger partial charge in [-0.15, -0.1) is 0 Å². The highest BCUT2D eigenvalue weighted by Gasteiger charge is 2.13. The van der Waals surface area contributed by atoms with Crippen LogP contribution in [-0.2, 0) is 6.42 Å². The van der Waals surface area contributed by atoms with Gasteiger partial charge in [0.25, 0.3) is 0 Å². The van der Waals surface area contributed by atoms with Crippen molar-refractivity contribution in [1.82, 2.24) is 10.6 Å². The van der Waals surface area contributed by atoms with Crippen LogP contribution in [0.5, 0.6) is 17.2 Å². The zero-order valence-electron chi connectivity index (χ0n) is 16.3. The lowest BCUT2D eigenvalue weighted by Gasteiger charge is -2.16. The van der Waals surface area contributed by atoms with E-state index in [4.69, 9.17) is 14.2 Å². The van der Waals surface area contributed by atoms with Crippen LogP contribution in [0.1, 0.15) is 38.2 Å². The average Bonchev–Trinajstić information content (AvgIpc) is 2.65. The second-order valence-corrected chi connectivity index (χ2v) is 5.75. The molecule has 25 heavy (non-hydrogen) atoms. The molecular weight excluding hydrogens is 318 g/mol. The number of nitrogens with zero attached hydrogens (tertiary/aromatic N) is 1. The van der Waals surface area contributed by atoms with Crippen LogP contribution in [0, 0.1) is 0 Å². The zero-order valence-corrected chi connectivity index (χ0v) is 16.3. The highest BCUT2D eigenvalue weighted by Crippen LogP contribution is 2.34. The van der Waals surface area contributed by atoms with Crippen molar-refractivity contribution < 1.29 is 14.2 Å². The van der Waals surface area contributed by atoms with Crippen molar-refractivity contribution >= 4 is 5.96 Å². The van der Waals surface area contributed by atoms with Gasteiger partial charge in [0.15, 0.2) is 5.96 Å². The van der Waals surface area contributed by atoms with Crippen molar-refractivity contribution in [2.75, 3.05) is 41.5 Å². The van der Waals surface area contributed by atoms with Crippen molar-refractivity contribution in [3.8, 4) is 17.2 Å². The Kier molecular flexibility index (Phi) is 10.3. The molecule has 0 amide bonds. The first-order chi connectivity index (χ1) is 12.2. The van der Waals surface area contributed by atoms with Gasteiger partial charge in [-0.2, -0.15) is 0 Å². The van der Waals surface area contributed by atoms with E-state index < -0.39 is 0 Å². The number of rotatable bonds is 11. The molecule has 1 rings (SSSR count). The van der Waals surface area contributed by atoms with Crippen LogP contribution >= 0.6 is 0 Å². The number of guanidine groups is 1. The number of benzene rings is 1. The Morgan fingerprint density at radius 1 is 0.920 bits per heavy atom. The summed E-state index contributed by atoms with van der Waals surface area (Å²) in [6.07, 6.45) is 5.70. The van der Waals surface area contributed by atoms with Crippen LogP contribution in [0.25, 0.3) is 0 Å². The van der Waals surface area contributed by atoms with E-state index in [2.05, 4.69) is 22.5 Å². The third-order valence-electron chi connectivity index (χ3n) is 4.03. The normalized spacial score (nSPS) is 11.2. The fraction of sp³-hybridized carbons (Fsp3) is 0.632. The van der Waals surface area contributed by atoms with Crippen LogP contribution in [0.4, 0.5) is 0 Å². The topological polar surface area (TPSA) is 64.1 Å². The number of nitrogens with one attached hydrogen (secondary N) is 2. The third kappa shape index (κ3) is 7.11. The van der Waals surface area contributed by atoms with Crippen LogP contribution in [0.3, 0.4) is 0 Å². The third-order valence-corrected chi connectivity index (χ3v) is 4.03. The number of hydrogen-bond acceptors (Lipinski definition) is 4. The molecule has 2 N–H and O–H groups in total. The van der Waals surface area contributed by atoms with E-state index in [1.807, 2.05) is 12.1 Å². The molecular formula is C19H33N3O3. The van der Waals surface area contributed by atoms with Crippen LogP contribution in [0.2, 0.25) is 0 Å². The minimum atomic E-state index is 0.718. The first-order valence-electron chi connectivity index (χ1n) is 8.93. The van der Waals surface area contributed by atoms with Gasteiger partial charge >= 0.3 is 0 Å². The molecule has 0 aliphatic rings. The molecule has 0 heterocycles. The number of aliphatic imine (C=N–C) groups is 1. The lowest BCUT2D eigenvalue weighted by atomic mass is 10.1. The Morgan fingerprint density at radius 3 is 2.08 bits per heavy atom. The minimum absolute atomic E-state index is 0.718. The van der Waals surface area contributed by atoms with Crippen molar-refractivity contribution in [2.24, 2.45) is 4.99 Å². The largest absolute Gasteiger partial charge is 0.496 e. The molecule has 0 aliphatic carbocycles. The van der Waals surface area contributed by atoms with Gasteiger partial charge in [0.05, 0.1) is 21.3 Å². The molecule has 0 spiro atoms. The number of unbranched alkanes of at least 4 members (excludes halogenated alkanes) is 3. The minimum Gasteiger partial charge on any atom is -0.496 e. The summed E-state index contributed by atoms with van der Waals surface area (Å²) in [5.41, 5.74) is 1.01. The summed E-state index contributed by atoms with van der Waals surface area (Å²) in [4.78, 5) is 4.26. The highest BCUT2D eigenvalue weighted by atomic mass is 16.5. The molecule has 0 saturated heterocycles. The van der Waals surface area contributed by atoms with Gasteiger partial charge in [-0.05, 0) is 12.8 Å². The predicted molar refractivity (Wildman–Crippen MR) is 103 cm³/mol. The number of hydrogen-bond donors (Lipinski definition) is 2. The standard InChI is InChI=1S/C19H33N3O3/c1-6-7-8-9-11-21-19(20-2)22-12-10-16-17(24-4)13-15(23-3)14-18(16)25-5/h13-14H,6-12H2,1-5H3,(H2,20,21,22). The molecule has 6 nitrogen and oxygen atoms in total. The van der Waals surface area contributed by atoms with E-state index in [0.29, 0.717) is 0 Å². The fourth-order valence-corrected chi connectivity index (χ4v) is 2.61. The SMILES string of the molecule is CCCCCCNC(=NC)NCCc1c(OC)cc(OC)cc1OC. The lowest BCUT2D eigenvalue weighted by Crippen LogP contribution is -2.38. The molecule has 0 unspecified atom stereocenters. The Bertz CT molecular complexity index is 508. The summed E-state index contributed by atoms with van der Waals surface area (Å²) in [6.45, 7) is 3.89. The van der Waals surface area contributed by atoms with E-state index in [0.717, 1.165) is 54.7 Å². The van der Waals surface area contributed by atoms with E-state index in [1.165, 1.54) is 19.3 Å². The first kappa shape index (κ1) is 20.9. The maximum absolute atomic E-state index is 5.48. The predicted octanol–water partition coefficient (Wildman–Crippen LogP) is 3.00. The van der Waals surface area contributed by atoms with E-state index in [1.54, 1.807) is 28.4 Å². The maximum Gasteiger partial charge on any atom is 0.190 e. The molecule has 0 radical (unpaired) electrons. The summed E-state index contributed by atoms with van der Waals surface area (Å²) in [7, 11) is 6.73. The second-order valence-electron chi connectivity index (χ2n) is 5.75. The summed E-state index contributed by atoms with van der Waals surface area (Å²) in [5, 5.41) is 6.68. The molecule has 1 aromatic carbocycles. The van der Waals surface area contributed by atoms with Crippen LogP contribution in [0.15, 0.2) is 17.1 Å². The van der Waals surface area contributed by atoms with Crippen LogP contribution in [-0.4, -0.2) is 47.4 Å². The molecule has 0 aliphatic heterocycles. The summed E-state index contributed by atoms with van der Waals surface area (Å²) >= 11 is 0. The van der Waals surface area contributed by atoms with Gasteiger partial charge in [-0.25, -0.2) is 0 Å². The van der Waals surface area contributed by atoms with Crippen molar-refractivity contribution in [3.05, 3.63) is 17.7 Å². The van der Waals surface area contributed by atoms with Gasteiger partial charge in [0, 0.05) is 37.8 Å². The molecule has 0 atom stereocenters. The quantitative estimate of drug-likeness (QED) is 0.364.